The number of rotatable bonds is 8. The molecule has 2 aromatic carbocycles. The molecule has 1 N–H and O–H groups in total. The summed E-state index contributed by atoms with van der Waals surface area (Å²) in [5.74, 6) is 1.50. The summed E-state index contributed by atoms with van der Waals surface area (Å²) in [5, 5.41) is 7.69. The standard InChI is InChI=1S/C26H26N6O4/c1-16(2)25-29-22(36-30-25)14-31-15-28-23-19-9-4-5-10-20(19)32(24(23)26(31)34)13-21(33)27-12-17-7-6-8-18(11-17)35-3/h4-11,15-16H,12-14H2,1-3H3,(H,27,33). The molecule has 0 spiro atoms. The maximum Gasteiger partial charge on any atom is 0.278 e. The largest absolute Gasteiger partial charge is 0.497 e. The van der Waals surface area contributed by atoms with Crippen LogP contribution in [-0.2, 0) is 24.4 Å². The first-order valence-corrected chi connectivity index (χ1v) is 11.6. The predicted octanol–water partition coefficient (Wildman–Crippen LogP) is 3.23. The molecule has 3 aromatic heterocycles. The van der Waals surface area contributed by atoms with Crippen LogP contribution in [0, 0.1) is 0 Å². The Bertz CT molecular complexity index is 1610. The number of hydrogen-bond donors (Lipinski definition) is 1. The Hall–Kier alpha value is -4.47. The van der Waals surface area contributed by atoms with Gasteiger partial charge in [-0.05, 0) is 23.8 Å². The normalized spacial score (nSPS) is 11.4. The van der Waals surface area contributed by atoms with Gasteiger partial charge in [-0.25, -0.2) is 4.98 Å². The minimum absolute atomic E-state index is 0.0348. The summed E-state index contributed by atoms with van der Waals surface area (Å²) in [6.07, 6.45) is 1.48. The van der Waals surface area contributed by atoms with E-state index in [1.807, 2.05) is 62.4 Å². The fraction of sp³-hybridized carbons (Fsp3) is 0.269. The van der Waals surface area contributed by atoms with Gasteiger partial charge in [0.15, 0.2) is 5.82 Å². The molecule has 3 heterocycles. The molecule has 0 aliphatic rings. The number of ether oxygens (including phenoxy) is 1. The highest BCUT2D eigenvalue weighted by atomic mass is 16.5. The Labute approximate surface area is 206 Å². The lowest BCUT2D eigenvalue weighted by atomic mass is 10.2. The van der Waals surface area contributed by atoms with Crippen molar-refractivity contribution in [2.75, 3.05) is 7.11 Å². The number of carbonyl (C=O) groups excluding carboxylic acids is 1. The molecule has 184 valence electrons. The third kappa shape index (κ3) is 4.45. The summed E-state index contributed by atoms with van der Waals surface area (Å²) in [5.41, 5.74) is 2.27. The van der Waals surface area contributed by atoms with Gasteiger partial charge in [0.1, 0.15) is 29.9 Å². The lowest BCUT2D eigenvalue weighted by Gasteiger charge is -2.10. The van der Waals surface area contributed by atoms with Crippen LogP contribution in [0.2, 0.25) is 0 Å². The van der Waals surface area contributed by atoms with Crippen molar-refractivity contribution in [1.29, 1.82) is 0 Å². The van der Waals surface area contributed by atoms with E-state index in [2.05, 4.69) is 20.4 Å². The van der Waals surface area contributed by atoms with E-state index in [0.29, 0.717) is 29.3 Å². The van der Waals surface area contributed by atoms with Crippen molar-refractivity contribution in [1.82, 2.24) is 29.6 Å². The molecule has 0 aliphatic carbocycles. The number of aromatic nitrogens is 5. The van der Waals surface area contributed by atoms with Gasteiger partial charge in [-0.15, -0.1) is 0 Å². The Balaban J connectivity index is 1.47. The first kappa shape index (κ1) is 23.3. The lowest BCUT2D eigenvalue weighted by molar-refractivity contribution is -0.121. The molecule has 0 bridgehead atoms. The summed E-state index contributed by atoms with van der Waals surface area (Å²) in [6, 6.07) is 15.0. The molecule has 1 amide bonds. The summed E-state index contributed by atoms with van der Waals surface area (Å²) in [7, 11) is 1.60. The van der Waals surface area contributed by atoms with Crippen LogP contribution < -0.4 is 15.6 Å². The quantitative estimate of drug-likeness (QED) is 0.358. The molecule has 10 heteroatoms. The fourth-order valence-corrected chi connectivity index (χ4v) is 4.12. The van der Waals surface area contributed by atoms with Crippen molar-refractivity contribution < 1.29 is 14.1 Å². The van der Waals surface area contributed by atoms with Crippen molar-refractivity contribution in [3.63, 3.8) is 0 Å². The van der Waals surface area contributed by atoms with Crippen LogP contribution in [0.5, 0.6) is 5.75 Å². The predicted molar refractivity (Wildman–Crippen MR) is 134 cm³/mol. The number of nitrogens with zero attached hydrogens (tertiary/aromatic N) is 5. The van der Waals surface area contributed by atoms with Gasteiger partial charge in [0.25, 0.3) is 5.56 Å². The molecule has 0 radical (unpaired) electrons. The van der Waals surface area contributed by atoms with E-state index in [-0.39, 0.29) is 30.5 Å². The molecule has 0 saturated heterocycles. The summed E-state index contributed by atoms with van der Waals surface area (Å²) in [4.78, 5) is 35.4. The van der Waals surface area contributed by atoms with Gasteiger partial charge in [0, 0.05) is 17.8 Å². The van der Waals surface area contributed by atoms with Crippen LogP contribution in [-0.4, -0.2) is 37.3 Å². The van der Waals surface area contributed by atoms with E-state index in [9.17, 15) is 9.59 Å². The molecular weight excluding hydrogens is 460 g/mol. The van der Waals surface area contributed by atoms with Crippen molar-refractivity contribution in [2.24, 2.45) is 0 Å². The Morgan fingerprint density at radius 1 is 1.17 bits per heavy atom. The SMILES string of the molecule is COc1cccc(CNC(=O)Cn2c3ccccc3c3ncn(Cc4nc(C(C)C)no4)c(=O)c32)c1. The van der Waals surface area contributed by atoms with Crippen LogP contribution in [0.15, 0.2) is 64.2 Å². The number of para-hydroxylation sites is 1. The zero-order chi connectivity index (χ0) is 25.2. The topological polar surface area (TPSA) is 117 Å². The number of fused-ring (bicyclic) bond motifs is 3. The van der Waals surface area contributed by atoms with Gasteiger partial charge < -0.3 is 19.1 Å². The van der Waals surface area contributed by atoms with Crippen LogP contribution in [0.3, 0.4) is 0 Å². The van der Waals surface area contributed by atoms with E-state index in [1.165, 1.54) is 10.9 Å². The summed E-state index contributed by atoms with van der Waals surface area (Å²) in [6.45, 7) is 4.32. The highest BCUT2D eigenvalue weighted by molar-refractivity contribution is 6.06. The molecule has 36 heavy (non-hydrogen) atoms. The molecule has 5 rings (SSSR count). The first-order valence-electron chi connectivity index (χ1n) is 11.6. The Morgan fingerprint density at radius 3 is 2.78 bits per heavy atom. The Morgan fingerprint density at radius 2 is 2.00 bits per heavy atom. The average molecular weight is 487 g/mol. The van der Waals surface area contributed by atoms with Crippen molar-refractivity contribution in [2.45, 2.75) is 39.4 Å². The zero-order valence-corrected chi connectivity index (χ0v) is 20.3. The third-order valence-corrected chi connectivity index (χ3v) is 5.97. The van der Waals surface area contributed by atoms with Crippen LogP contribution in [0.25, 0.3) is 21.9 Å². The van der Waals surface area contributed by atoms with Crippen molar-refractivity contribution in [3.8, 4) is 5.75 Å². The van der Waals surface area contributed by atoms with Gasteiger partial charge in [-0.3, -0.25) is 14.2 Å². The number of benzene rings is 2. The molecule has 0 aliphatic heterocycles. The molecule has 0 fully saturated rings. The van der Waals surface area contributed by atoms with Gasteiger partial charge in [0.05, 0.1) is 19.0 Å². The summed E-state index contributed by atoms with van der Waals surface area (Å²) < 4.78 is 13.7. The van der Waals surface area contributed by atoms with E-state index in [0.717, 1.165) is 22.2 Å². The van der Waals surface area contributed by atoms with Crippen molar-refractivity contribution >= 4 is 27.8 Å². The average Bonchev–Trinajstić information content (AvgIpc) is 3.48. The molecule has 0 unspecified atom stereocenters. The molecule has 5 aromatic rings. The van der Waals surface area contributed by atoms with Gasteiger partial charge in [-0.1, -0.05) is 49.3 Å². The Kier molecular flexibility index (Phi) is 6.24. The van der Waals surface area contributed by atoms with E-state index in [4.69, 9.17) is 9.26 Å². The van der Waals surface area contributed by atoms with E-state index < -0.39 is 0 Å². The number of amides is 1. The van der Waals surface area contributed by atoms with Crippen LogP contribution >= 0.6 is 0 Å². The minimum Gasteiger partial charge on any atom is -0.497 e. The maximum atomic E-state index is 13.6. The van der Waals surface area contributed by atoms with Crippen LogP contribution in [0.4, 0.5) is 0 Å². The number of methoxy groups -OCH3 is 1. The van der Waals surface area contributed by atoms with E-state index in [1.54, 1.807) is 11.7 Å². The van der Waals surface area contributed by atoms with Crippen LogP contribution in [0.1, 0.15) is 37.0 Å². The lowest BCUT2D eigenvalue weighted by Crippen LogP contribution is -2.29. The smallest absolute Gasteiger partial charge is 0.278 e. The first-order chi connectivity index (χ1) is 17.4. The highest BCUT2D eigenvalue weighted by Gasteiger charge is 2.19. The van der Waals surface area contributed by atoms with Gasteiger partial charge in [-0.2, -0.15) is 4.98 Å². The number of carbonyl (C=O) groups is 1. The summed E-state index contributed by atoms with van der Waals surface area (Å²) >= 11 is 0. The van der Waals surface area contributed by atoms with Gasteiger partial charge >= 0.3 is 0 Å². The monoisotopic (exact) mass is 486 g/mol. The van der Waals surface area contributed by atoms with E-state index >= 15 is 0 Å². The second kappa shape index (κ2) is 9.65. The second-order valence-electron chi connectivity index (χ2n) is 8.81. The second-order valence-corrected chi connectivity index (χ2v) is 8.81. The minimum atomic E-state index is -0.291. The third-order valence-electron chi connectivity index (χ3n) is 5.97. The number of nitrogens with one attached hydrogen (secondary N) is 1. The molecular formula is C26H26N6O4. The van der Waals surface area contributed by atoms with Gasteiger partial charge in [0.2, 0.25) is 11.8 Å². The maximum absolute atomic E-state index is 13.6. The number of hydrogen-bond acceptors (Lipinski definition) is 7. The zero-order valence-electron chi connectivity index (χ0n) is 20.3. The molecule has 0 saturated carbocycles. The van der Waals surface area contributed by atoms with Crippen molar-refractivity contribution in [3.05, 3.63) is 82.5 Å². The fourth-order valence-electron chi connectivity index (χ4n) is 4.12. The molecule has 10 nitrogen and oxygen atoms in total. The molecule has 0 atom stereocenters. The highest BCUT2D eigenvalue weighted by Crippen LogP contribution is 2.25.